The number of rotatable bonds is 5. The molecule has 1 aromatic carbocycles. The molecule has 0 aliphatic rings. The molecule has 0 atom stereocenters. The second kappa shape index (κ2) is 5.41. The minimum absolute atomic E-state index is 0.0163. The number of aryl methyl sites for hydroxylation is 2. The zero-order chi connectivity index (χ0) is 14.0. The first-order valence-electron chi connectivity index (χ1n) is 6.23. The summed E-state index contributed by atoms with van der Waals surface area (Å²) in [5.41, 5.74) is 2.31. The molecule has 1 N–H and O–H groups in total. The molecule has 0 radical (unpaired) electrons. The van der Waals surface area contributed by atoms with E-state index in [1.165, 1.54) is 6.07 Å². The van der Waals surface area contributed by atoms with Crippen LogP contribution >= 0.6 is 0 Å². The molecule has 0 amide bonds. The van der Waals surface area contributed by atoms with Gasteiger partial charge in [-0.2, -0.15) is 8.42 Å². The summed E-state index contributed by atoms with van der Waals surface area (Å²) in [6.07, 6.45) is 2.92. The van der Waals surface area contributed by atoms with Crippen molar-refractivity contribution < 1.29 is 13.0 Å². The smallest absolute Gasteiger partial charge is 0.282 e. The van der Waals surface area contributed by atoms with Crippen molar-refractivity contribution in [2.24, 2.45) is 5.41 Å². The molecular weight excluding hydrogens is 248 g/mol. The van der Waals surface area contributed by atoms with Crippen LogP contribution in [0.15, 0.2) is 23.1 Å². The summed E-state index contributed by atoms with van der Waals surface area (Å²) in [6.45, 7) is 8.52. The van der Waals surface area contributed by atoms with Crippen LogP contribution in [0.25, 0.3) is 0 Å². The van der Waals surface area contributed by atoms with Crippen molar-refractivity contribution in [1.29, 1.82) is 0 Å². The highest BCUT2D eigenvalue weighted by Crippen LogP contribution is 2.27. The molecule has 4 heteroatoms. The molecule has 18 heavy (non-hydrogen) atoms. The van der Waals surface area contributed by atoms with Gasteiger partial charge in [-0.25, -0.2) is 0 Å². The van der Waals surface area contributed by atoms with Crippen LogP contribution in [0, 0.1) is 12.3 Å². The first-order valence-corrected chi connectivity index (χ1v) is 7.67. The van der Waals surface area contributed by atoms with Gasteiger partial charge in [0.05, 0.1) is 4.90 Å². The SMILES string of the molecule is CCC(C)(C)CCc1cc(S(=O)(=O)O)ccc1C. The van der Waals surface area contributed by atoms with Gasteiger partial charge < -0.3 is 0 Å². The molecule has 0 spiro atoms. The van der Waals surface area contributed by atoms with Crippen LogP contribution in [-0.2, 0) is 16.5 Å². The van der Waals surface area contributed by atoms with Gasteiger partial charge in [0.2, 0.25) is 0 Å². The van der Waals surface area contributed by atoms with E-state index in [0.29, 0.717) is 0 Å². The van der Waals surface area contributed by atoms with Crippen LogP contribution in [0.5, 0.6) is 0 Å². The highest BCUT2D eigenvalue weighted by Gasteiger charge is 2.17. The van der Waals surface area contributed by atoms with E-state index in [4.69, 9.17) is 4.55 Å². The van der Waals surface area contributed by atoms with Gasteiger partial charge >= 0.3 is 0 Å². The number of hydrogen-bond donors (Lipinski definition) is 1. The second-order valence-electron chi connectivity index (χ2n) is 5.58. The van der Waals surface area contributed by atoms with Crippen molar-refractivity contribution in [1.82, 2.24) is 0 Å². The van der Waals surface area contributed by atoms with Crippen molar-refractivity contribution in [3.63, 3.8) is 0 Å². The van der Waals surface area contributed by atoms with E-state index < -0.39 is 10.1 Å². The van der Waals surface area contributed by atoms with Crippen molar-refractivity contribution in [2.75, 3.05) is 0 Å². The normalized spacial score (nSPS) is 12.7. The summed E-state index contributed by atoms with van der Waals surface area (Å²) in [7, 11) is -4.10. The molecule has 1 rings (SSSR count). The summed E-state index contributed by atoms with van der Waals surface area (Å²) in [5, 5.41) is 0. The topological polar surface area (TPSA) is 54.4 Å². The number of benzene rings is 1. The van der Waals surface area contributed by atoms with E-state index in [1.54, 1.807) is 12.1 Å². The third-order valence-corrected chi connectivity index (χ3v) is 4.50. The van der Waals surface area contributed by atoms with Gasteiger partial charge in [-0.3, -0.25) is 4.55 Å². The zero-order valence-corrected chi connectivity index (χ0v) is 12.3. The molecule has 0 aliphatic heterocycles. The van der Waals surface area contributed by atoms with Gasteiger partial charge in [-0.05, 0) is 48.4 Å². The van der Waals surface area contributed by atoms with E-state index in [1.807, 2.05) is 6.92 Å². The summed E-state index contributed by atoms with van der Waals surface area (Å²) in [4.78, 5) is -0.0163. The molecule has 0 fully saturated rings. The summed E-state index contributed by atoms with van der Waals surface area (Å²) < 4.78 is 31.3. The minimum atomic E-state index is -4.10. The number of hydrogen-bond acceptors (Lipinski definition) is 2. The fourth-order valence-corrected chi connectivity index (χ4v) is 2.26. The predicted molar refractivity (Wildman–Crippen MR) is 73.4 cm³/mol. The maximum atomic E-state index is 11.1. The first kappa shape index (κ1) is 15.2. The maximum absolute atomic E-state index is 11.1. The highest BCUT2D eigenvalue weighted by molar-refractivity contribution is 7.85. The Hall–Kier alpha value is -0.870. The van der Waals surface area contributed by atoms with Crippen molar-refractivity contribution >= 4 is 10.1 Å². The molecule has 0 bridgehead atoms. The Bertz CT molecular complexity index is 516. The molecule has 3 nitrogen and oxygen atoms in total. The average molecular weight is 270 g/mol. The average Bonchev–Trinajstić information content (AvgIpc) is 2.26. The quantitative estimate of drug-likeness (QED) is 0.831. The molecule has 0 unspecified atom stereocenters. The van der Waals surface area contributed by atoms with Gasteiger partial charge in [-0.15, -0.1) is 0 Å². The Morgan fingerprint density at radius 1 is 1.28 bits per heavy atom. The van der Waals surface area contributed by atoms with Crippen LogP contribution in [0.2, 0.25) is 0 Å². The van der Waals surface area contributed by atoms with Gasteiger partial charge in [0.25, 0.3) is 10.1 Å². The van der Waals surface area contributed by atoms with E-state index in [0.717, 1.165) is 30.4 Å². The van der Waals surface area contributed by atoms with Crippen LogP contribution < -0.4 is 0 Å². The van der Waals surface area contributed by atoms with Crippen molar-refractivity contribution in [3.8, 4) is 0 Å². The van der Waals surface area contributed by atoms with Gasteiger partial charge in [0.15, 0.2) is 0 Å². The van der Waals surface area contributed by atoms with E-state index in [9.17, 15) is 8.42 Å². The lowest BCUT2D eigenvalue weighted by atomic mass is 9.83. The Balaban J connectivity index is 2.96. The zero-order valence-electron chi connectivity index (χ0n) is 11.5. The van der Waals surface area contributed by atoms with E-state index in [-0.39, 0.29) is 10.3 Å². The minimum Gasteiger partial charge on any atom is -0.282 e. The van der Waals surface area contributed by atoms with E-state index in [2.05, 4.69) is 20.8 Å². The molecular formula is C14H22O3S. The summed E-state index contributed by atoms with van der Waals surface area (Å²) in [6, 6.07) is 4.77. The molecule has 0 saturated carbocycles. The Morgan fingerprint density at radius 2 is 1.89 bits per heavy atom. The maximum Gasteiger partial charge on any atom is 0.294 e. The standard InChI is InChI=1S/C14H22O3S/c1-5-14(3,4)9-8-12-10-13(18(15,16)17)7-6-11(12)2/h6-7,10H,5,8-9H2,1-4H3,(H,15,16,17). The van der Waals surface area contributed by atoms with Gasteiger partial charge in [0, 0.05) is 0 Å². The third-order valence-electron chi connectivity index (χ3n) is 3.65. The monoisotopic (exact) mass is 270 g/mol. The second-order valence-corrected chi connectivity index (χ2v) is 7.00. The predicted octanol–water partition coefficient (Wildman–Crippen LogP) is 3.61. The fraction of sp³-hybridized carbons (Fsp3) is 0.571. The van der Waals surface area contributed by atoms with Crippen molar-refractivity contribution in [3.05, 3.63) is 29.3 Å². The lowest BCUT2D eigenvalue weighted by Crippen LogP contribution is -2.11. The van der Waals surface area contributed by atoms with Crippen LogP contribution in [0.1, 0.15) is 44.7 Å². The Labute approximate surface area is 110 Å². The summed E-state index contributed by atoms with van der Waals surface area (Å²) in [5.74, 6) is 0. The van der Waals surface area contributed by atoms with Crippen LogP contribution in [0.3, 0.4) is 0 Å². The van der Waals surface area contributed by atoms with Crippen LogP contribution in [0.4, 0.5) is 0 Å². The summed E-state index contributed by atoms with van der Waals surface area (Å²) >= 11 is 0. The third kappa shape index (κ3) is 4.10. The van der Waals surface area contributed by atoms with Crippen molar-refractivity contribution in [2.45, 2.75) is 51.9 Å². The molecule has 0 heterocycles. The van der Waals surface area contributed by atoms with Gasteiger partial charge in [-0.1, -0.05) is 33.3 Å². The highest BCUT2D eigenvalue weighted by atomic mass is 32.2. The largest absolute Gasteiger partial charge is 0.294 e. The fourth-order valence-electron chi connectivity index (χ4n) is 1.73. The molecule has 0 aromatic heterocycles. The lowest BCUT2D eigenvalue weighted by molar-refractivity contribution is 0.322. The lowest BCUT2D eigenvalue weighted by Gasteiger charge is -2.22. The first-order chi connectivity index (χ1) is 8.15. The molecule has 0 aliphatic carbocycles. The van der Waals surface area contributed by atoms with E-state index >= 15 is 0 Å². The van der Waals surface area contributed by atoms with Crippen LogP contribution in [-0.4, -0.2) is 13.0 Å². The Morgan fingerprint density at radius 3 is 2.39 bits per heavy atom. The molecule has 0 saturated heterocycles. The Kier molecular flexibility index (Phi) is 4.56. The van der Waals surface area contributed by atoms with Gasteiger partial charge in [0.1, 0.15) is 0 Å². The molecule has 102 valence electrons. The molecule has 1 aromatic rings.